The molecule has 10 aromatic rings. The third kappa shape index (κ3) is 4.93. The predicted octanol–water partition coefficient (Wildman–Crippen LogP) is 14.5. The summed E-state index contributed by atoms with van der Waals surface area (Å²) in [6, 6.07) is 70.2. The number of nitrogens with zero attached hydrogens (tertiary/aromatic N) is 2. The molecular weight excluding hydrogens is 637 g/mol. The number of fused-ring (bicyclic) bond motifs is 9. The fourth-order valence-electron chi connectivity index (χ4n) is 7.72. The number of anilines is 6. The second kappa shape index (κ2) is 12.2. The highest BCUT2D eigenvalue weighted by molar-refractivity contribution is 7.27. The maximum Gasteiger partial charge on any atom is 0.0540 e. The Morgan fingerprint density at radius 1 is 0.314 bits per heavy atom. The van der Waals surface area contributed by atoms with Gasteiger partial charge in [-0.1, -0.05) is 121 Å². The molecule has 0 N–H and O–H groups in total. The smallest absolute Gasteiger partial charge is 0.0540 e. The SMILES string of the molecule is c1ccc(N(c2ccc(N(c3ccccc3)c3cccc4ccccc34)cc2)c2ccc3c4ccccc4c4c5ccccc5sc4c3c2)cc1. The Kier molecular flexibility index (Phi) is 7.04. The van der Waals surface area contributed by atoms with Gasteiger partial charge in [-0.15, -0.1) is 11.3 Å². The monoisotopic (exact) mass is 668 g/mol. The van der Waals surface area contributed by atoms with Crippen molar-refractivity contribution in [2.45, 2.75) is 0 Å². The molecule has 9 aromatic carbocycles. The quantitative estimate of drug-likeness (QED) is 0.163. The summed E-state index contributed by atoms with van der Waals surface area (Å²) < 4.78 is 2.66. The van der Waals surface area contributed by atoms with E-state index in [1.165, 1.54) is 52.5 Å². The first-order chi connectivity index (χ1) is 25.3. The lowest BCUT2D eigenvalue weighted by Crippen LogP contribution is -2.12. The first-order valence-electron chi connectivity index (χ1n) is 17.4. The Bertz CT molecular complexity index is 2850. The van der Waals surface area contributed by atoms with E-state index in [1.54, 1.807) is 0 Å². The van der Waals surface area contributed by atoms with Crippen molar-refractivity contribution in [1.82, 2.24) is 0 Å². The van der Waals surface area contributed by atoms with Crippen LogP contribution in [0, 0.1) is 0 Å². The van der Waals surface area contributed by atoms with Gasteiger partial charge in [0.1, 0.15) is 0 Å². The van der Waals surface area contributed by atoms with E-state index in [0.717, 1.165) is 34.1 Å². The molecule has 0 aliphatic heterocycles. The van der Waals surface area contributed by atoms with E-state index in [0.29, 0.717) is 0 Å². The molecule has 3 heteroatoms. The van der Waals surface area contributed by atoms with Gasteiger partial charge in [-0.25, -0.2) is 0 Å². The van der Waals surface area contributed by atoms with Crippen molar-refractivity contribution >= 4 is 98.0 Å². The summed E-state index contributed by atoms with van der Waals surface area (Å²) >= 11 is 1.90. The summed E-state index contributed by atoms with van der Waals surface area (Å²) in [7, 11) is 0. The summed E-state index contributed by atoms with van der Waals surface area (Å²) in [6.45, 7) is 0. The number of benzene rings is 9. The average Bonchev–Trinajstić information content (AvgIpc) is 3.60. The van der Waals surface area contributed by atoms with E-state index < -0.39 is 0 Å². The van der Waals surface area contributed by atoms with Crippen LogP contribution in [0.15, 0.2) is 194 Å². The second-order valence-corrected chi connectivity index (χ2v) is 14.0. The number of thiophene rings is 1. The molecule has 0 aliphatic rings. The fraction of sp³-hybridized carbons (Fsp3) is 0. The third-order valence-corrected chi connectivity index (χ3v) is 11.2. The van der Waals surface area contributed by atoms with Gasteiger partial charge in [0.25, 0.3) is 0 Å². The Morgan fingerprint density at radius 3 is 1.57 bits per heavy atom. The molecule has 0 saturated heterocycles. The van der Waals surface area contributed by atoms with Crippen LogP contribution in [0.3, 0.4) is 0 Å². The summed E-state index contributed by atoms with van der Waals surface area (Å²) in [5, 5.41) is 10.3. The van der Waals surface area contributed by atoms with E-state index in [-0.39, 0.29) is 0 Å². The molecule has 0 atom stereocenters. The largest absolute Gasteiger partial charge is 0.310 e. The summed E-state index contributed by atoms with van der Waals surface area (Å²) in [4.78, 5) is 4.74. The van der Waals surface area contributed by atoms with Gasteiger partial charge < -0.3 is 9.80 Å². The molecule has 0 unspecified atom stereocenters. The maximum absolute atomic E-state index is 2.40. The molecule has 240 valence electrons. The molecule has 10 rings (SSSR count). The molecule has 0 fully saturated rings. The zero-order valence-electron chi connectivity index (χ0n) is 27.8. The minimum absolute atomic E-state index is 1.10. The van der Waals surface area contributed by atoms with Crippen molar-refractivity contribution in [1.29, 1.82) is 0 Å². The van der Waals surface area contributed by atoms with Gasteiger partial charge in [-0.05, 0) is 94.3 Å². The molecule has 0 amide bonds. The highest BCUT2D eigenvalue weighted by atomic mass is 32.1. The first kappa shape index (κ1) is 29.5. The standard InChI is InChI=1S/C48H32N2S/c1-3-16-34(17-4-1)49(38-30-31-41-40-21-9-10-22-42(40)47-43-23-11-12-25-46(43)51-48(47)44(41)32-38)36-26-28-37(29-27-36)50(35-18-5-2-6-19-35)45-24-13-15-33-14-7-8-20-39(33)45/h1-32H. The van der Waals surface area contributed by atoms with Crippen molar-refractivity contribution in [2.75, 3.05) is 9.80 Å². The zero-order chi connectivity index (χ0) is 33.7. The van der Waals surface area contributed by atoms with E-state index in [1.807, 2.05) is 11.3 Å². The van der Waals surface area contributed by atoms with Crippen molar-refractivity contribution in [3.63, 3.8) is 0 Å². The van der Waals surface area contributed by atoms with Crippen LogP contribution in [0.25, 0.3) is 52.5 Å². The topological polar surface area (TPSA) is 6.48 Å². The average molecular weight is 669 g/mol. The van der Waals surface area contributed by atoms with Crippen LogP contribution in [-0.2, 0) is 0 Å². The lowest BCUT2D eigenvalue weighted by molar-refractivity contribution is 1.26. The summed E-state index contributed by atoms with van der Waals surface area (Å²) in [6.07, 6.45) is 0. The fourth-order valence-corrected chi connectivity index (χ4v) is 8.96. The van der Waals surface area contributed by atoms with Gasteiger partial charge in [-0.3, -0.25) is 0 Å². The minimum Gasteiger partial charge on any atom is -0.310 e. The van der Waals surface area contributed by atoms with Gasteiger partial charge in [0.05, 0.1) is 5.69 Å². The molecule has 0 saturated carbocycles. The lowest BCUT2D eigenvalue weighted by atomic mass is 9.96. The van der Waals surface area contributed by atoms with Gasteiger partial charge >= 0.3 is 0 Å². The van der Waals surface area contributed by atoms with E-state index >= 15 is 0 Å². The highest BCUT2D eigenvalue weighted by Crippen LogP contribution is 2.46. The van der Waals surface area contributed by atoms with Crippen LogP contribution in [0.2, 0.25) is 0 Å². The number of hydrogen-bond acceptors (Lipinski definition) is 3. The lowest BCUT2D eigenvalue weighted by Gasteiger charge is -2.29. The number of hydrogen-bond donors (Lipinski definition) is 0. The molecule has 2 nitrogen and oxygen atoms in total. The molecule has 51 heavy (non-hydrogen) atoms. The Hall–Kier alpha value is -6.42. The minimum atomic E-state index is 1.10. The van der Waals surface area contributed by atoms with Crippen LogP contribution in [-0.4, -0.2) is 0 Å². The molecule has 1 heterocycles. The van der Waals surface area contributed by atoms with Crippen LogP contribution >= 0.6 is 11.3 Å². The Balaban J connectivity index is 1.15. The highest BCUT2D eigenvalue weighted by Gasteiger charge is 2.19. The van der Waals surface area contributed by atoms with Gasteiger partial charge in [0, 0.05) is 59.4 Å². The second-order valence-electron chi connectivity index (χ2n) is 12.9. The maximum atomic E-state index is 2.40. The normalized spacial score (nSPS) is 11.5. The summed E-state index contributed by atoms with van der Waals surface area (Å²) in [5.41, 5.74) is 6.72. The molecule has 0 aliphatic carbocycles. The molecule has 0 radical (unpaired) electrons. The van der Waals surface area contributed by atoms with E-state index in [4.69, 9.17) is 0 Å². The van der Waals surface area contributed by atoms with E-state index in [2.05, 4.69) is 204 Å². The van der Waals surface area contributed by atoms with Gasteiger partial charge in [0.2, 0.25) is 0 Å². The molecular formula is C48H32N2S. The van der Waals surface area contributed by atoms with E-state index in [9.17, 15) is 0 Å². The van der Waals surface area contributed by atoms with Gasteiger partial charge in [0.15, 0.2) is 0 Å². The molecule has 0 spiro atoms. The van der Waals surface area contributed by atoms with Crippen molar-refractivity contribution in [2.24, 2.45) is 0 Å². The van der Waals surface area contributed by atoms with Crippen molar-refractivity contribution in [3.05, 3.63) is 194 Å². The molecule has 1 aromatic heterocycles. The molecule has 0 bridgehead atoms. The van der Waals surface area contributed by atoms with Crippen molar-refractivity contribution < 1.29 is 0 Å². The zero-order valence-corrected chi connectivity index (χ0v) is 28.6. The van der Waals surface area contributed by atoms with Crippen LogP contribution in [0.1, 0.15) is 0 Å². The number of rotatable bonds is 6. The number of para-hydroxylation sites is 2. The van der Waals surface area contributed by atoms with Crippen LogP contribution < -0.4 is 9.80 Å². The predicted molar refractivity (Wildman–Crippen MR) is 221 cm³/mol. The Labute approximate surface area is 300 Å². The van der Waals surface area contributed by atoms with Crippen LogP contribution in [0.5, 0.6) is 0 Å². The van der Waals surface area contributed by atoms with Crippen molar-refractivity contribution in [3.8, 4) is 0 Å². The first-order valence-corrected chi connectivity index (χ1v) is 18.2. The van der Waals surface area contributed by atoms with Gasteiger partial charge in [-0.2, -0.15) is 0 Å². The third-order valence-electron chi connectivity index (χ3n) is 9.99. The van der Waals surface area contributed by atoms with Crippen LogP contribution in [0.4, 0.5) is 34.1 Å². The summed E-state index contributed by atoms with van der Waals surface area (Å²) in [5.74, 6) is 0. The Morgan fingerprint density at radius 2 is 0.824 bits per heavy atom.